The lowest BCUT2D eigenvalue weighted by Crippen LogP contribution is -2.17. The van der Waals surface area contributed by atoms with E-state index in [1.165, 1.54) is 0 Å². The maximum absolute atomic E-state index is 6.09. The van der Waals surface area contributed by atoms with Gasteiger partial charge in [0.05, 0.1) is 24.1 Å². The van der Waals surface area contributed by atoms with Crippen LogP contribution in [0, 0.1) is 0 Å². The number of rotatable bonds is 9. The second-order valence-electron chi connectivity index (χ2n) is 6.78. The Labute approximate surface area is 162 Å². The van der Waals surface area contributed by atoms with Crippen molar-refractivity contribution in [2.75, 3.05) is 19.5 Å². The molecule has 0 radical (unpaired) electrons. The van der Waals surface area contributed by atoms with E-state index in [0.29, 0.717) is 23.5 Å². The summed E-state index contributed by atoms with van der Waals surface area (Å²) in [4.78, 5) is 14.2. The van der Waals surface area contributed by atoms with Crippen molar-refractivity contribution in [3.8, 4) is 23.0 Å². The fourth-order valence-corrected chi connectivity index (χ4v) is 2.89. The predicted octanol–water partition coefficient (Wildman–Crippen LogP) is 4.84. The van der Waals surface area contributed by atoms with Gasteiger partial charge in [0.15, 0.2) is 5.82 Å². The molecule has 0 bridgehead atoms. The zero-order valence-electron chi connectivity index (χ0n) is 17.6. The molecule has 0 saturated heterocycles. The summed E-state index contributed by atoms with van der Waals surface area (Å²) >= 11 is 0. The summed E-state index contributed by atoms with van der Waals surface area (Å²) < 4.78 is 11.7. The monoisotopic (exact) mass is 372 g/mol. The van der Waals surface area contributed by atoms with Crippen molar-refractivity contribution in [1.29, 1.82) is 0 Å². The molecule has 6 nitrogen and oxygen atoms in total. The third-order valence-corrected chi connectivity index (χ3v) is 4.62. The number of nitrogens with zero attached hydrogens (tertiary/aromatic N) is 3. The third-order valence-electron chi connectivity index (χ3n) is 4.62. The molecular weight excluding hydrogens is 340 g/mol. The number of anilines is 1. The van der Waals surface area contributed by atoms with E-state index in [-0.39, 0.29) is 6.10 Å². The second-order valence-corrected chi connectivity index (χ2v) is 6.78. The Kier molecular flexibility index (Phi) is 7.39. The van der Waals surface area contributed by atoms with Gasteiger partial charge in [-0.1, -0.05) is 34.6 Å². The molecule has 2 rings (SSSR count). The minimum Gasteiger partial charge on any atom is -0.480 e. The Morgan fingerprint density at radius 1 is 1.00 bits per heavy atom. The van der Waals surface area contributed by atoms with Gasteiger partial charge in [-0.15, -0.1) is 0 Å². The summed E-state index contributed by atoms with van der Waals surface area (Å²) in [6.45, 7) is 10.5. The number of aromatic nitrogens is 3. The molecule has 0 saturated carbocycles. The number of pyridine rings is 1. The van der Waals surface area contributed by atoms with E-state index in [9.17, 15) is 0 Å². The molecule has 2 aromatic rings. The smallest absolute Gasteiger partial charge is 0.257 e. The van der Waals surface area contributed by atoms with Gasteiger partial charge in [0, 0.05) is 12.7 Å². The molecule has 2 heterocycles. The van der Waals surface area contributed by atoms with Crippen LogP contribution in [0.5, 0.6) is 11.8 Å². The van der Waals surface area contributed by atoms with Crippen LogP contribution in [0.2, 0.25) is 0 Å². The third kappa shape index (κ3) is 4.67. The van der Waals surface area contributed by atoms with Gasteiger partial charge in [-0.25, -0.2) is 15.0 Å². The van der Waals surface area contributed by atoms with E-state index in [2.05, 4.69) is 44.9 Å². The van der Waals surface area contributed by atoms with Crippen LogP contribution in [0.15, 0.2) is 12.1 Å². The number of aryl methyl sites for hydroxylation is 1. The van der Waals surface area contributed by atoms with Gasteiger partial charge in [-0.3, -0.25) is 0 Å². The molecule has 0 unspecified atom stereocenters. The van der Waals surface area contributed by atoms with Gasteiger partial charge in [-0.05, 0) is 37.3 Å². The number of nitrogens with one attached hydrogen (secondary N) is 1. The highest BCUT2D eigenvalue weighted by Gasteiger charge is 2.20. The van der Waals surface area contributed by atoms with Gasteiger partial charge in [0.1, 0.15) is 6.10 Å². The maximum Gasteiger partial charge on any atom is 0.257 e. The molecule has 0 atom stereocenters. The predicted molar refractivity (Wildman–Crippen MR) is 110 cm³/mol. The van der Waals surface area contributed by atoms with E-state index in [0.717, 1.165) is 41.9 Å². The Bertz CT molecular complexity index is 758. The summed E-state index contributed by atoms with van der Waals surface area (Å²) in [6.07, 6.45) is 2.72. The first-order valence-corrected chi connectivity index (χ1v) is 9.79. The van der Waals surface area contributed by atoms with Crippen molar-refractivity contribution in [2.45, 2.75) is 65.9 Å². The topological polar surface area (TPSA) is 69.2 Å². The molecule has 2 aromatic heterocycles. The summed E-state index contributed by atoms with van der Waals surface area (Å²) in [5.74, 6) is 2.08. The SMILES string of the molecule is CCc1nc(OC(CC)CC)c(NC)nc1-c1ccc(C(C)C)nc1OC. The number of hydrogen-bond donors (Lipinski definition) is 1. The second kappa shape index (κ2) is 9.53. The molecule has 0 aliphatic rings. The summed E-state index contributed by atoms with van der Waals surface area (Å²) in [6, 6.07) is 4.04. The minimum atomic E-state index is 0.128. The molecule has 0 spiro atoms. The van der Waals surface area contributed by atoms with E-state index < -0.39 is 0 Å². The Morgan fingerprint density at radius 2 is 1.70 bits per heavy atom. The van der Waals surface area contributed by atoms with Crippen LogP contribution >= 0.6 is 0 Å². The fraction of sp³-hybridized carbons (Fsp3) is 0.571. The van der Waals surface area contributed by atoms with Crippen LogP contribution < -0.4 is 14.8 Å². The molecule has 0 aromatic carbocycles. The largest absolute Gasteiger partial charge is 0.480 e. The van der Waals surface area contributed by atoms with Gasteiger partial charge >= 0.3 is 0 Å². The van der Waals surface area contributed by atoms with Crippen LogP contribution in [0.4, 0.5) is 5.82 Å². The quantitative estimate of drug-likeness (QED) is 0.679. The van der Waals surface area contributed by atoms with Crippen LogP contribution in [0.1, 0.15) is 64.8 Å². The van der Waals surface area contributed by atoms with Crippen LogP contribution in [0.25, 0.3) is 11.3 Å². The first-order chi connectivity index (χ1) is 13.0. The highest BCUT2D eigenvalue weighted by Crippen LogP contribution is 2.34. The van der Waals surface area contributed by atoms with Crippen molar-refractivity contribution in [1.82, 2.24) is 15.0 Å². The summed E-state index contributed by atoms with van der Waals surface area (Å²) in [5, 5.41) is 3.12. The minimum absolute atomic E-state index is 0.128. The summed E-state index contributed by atoms with van der Waals surface area (Å²) in [7, 11) is 3.47. The first-order valence-electron chi connectivity index (χ1n) is 9.79. The van der Waals surface area contributed by atoms with E-state index >= 15 is 0 Å². The average molecular weight is 373 g/mol. The Morgan fingerprint density at radius 3 is 2.22 bits per heavy atom. The zero-order valence-corrected chi connectivity index (χ0v) is 17.6. The van der Waals surface area contributed by atoms with Crippen molar-refractivity contribution in [3.05, 3.63) is 23.5 Å². The normalized spacial score (nSPS) is 11.1. The molecule has 1 N–H and O–H groups in total. The lowest BCUT2D eigenvalue weighted by molar-refractivity contribution is 0.185. The molecular formula is C21H32N4O2. The molecule has 6 heteroatoms. The van der Waals surface area contributed by atoms with Crippen LogP contribution in [0.3, 0.4) is 0 Å². The first kappa shape index (κ1) is 20.9. The van der Waals surface area contributed by atoms with Gasteiger partial charge < -0.3 is 14.8 Å². The van der Waals surface area contributed by atoms with Crippen LogP contribution in [-0.2, 0) is 6.42 Å². The number of ether oxygens (including phenoxy) is 2. The molecule has 27 heavy (non-hydrogen) atoms. The number of methoxy groups -OCH3 is 1. The zero-order chi connectivity index (χ0) is 20.0. The molecule has 0 aliphatic heterocycles. The van der Waals surface area contributed by atoms with Crippen molar-refractivity contribution < 1.29 is 9.47 Å². The fourth-order valence-electron chi connectivity index (χ4n) is 2.89. The highest BCUT2D eigenvalue weighted by atomic mass is 16.5. The highest BCUT2D eigenvalue weighted by molar-refractivity contribution is 5.70. The standard InChI is InChI=1S/C21H32N4O2/c1-8-14(9-2)27-21-19(22-6)25-18(16(10-3)23-21)15-11-12-17(13(4)5)24-20(15)26-7/h11-14H,8-10H2,1-7H3,(H,22,25). The van der Waals surface area contributed by atoms with Crippen molar-refractivity contribution in [2.24, 2.45) is 0 Å². The average Bonchev–Trinajstić information content (AvgIpc) is 2.70. The van der Waals surface area contributed by atoms with Gasteiger partial charge in [0.25, 0.3) is 5.88 Å². The van der Waals surface area contributed by atoms with Gasteiger partial charge in [-0.2, -0.15) is 0 Å². The van der Waals surface area contributed by atoms with E-state index in [1.54, 1.807) is 7.11 Å². The lowest BCUT2D eigenvalue weighted by Gasteiger charge is -2.19. The van der Waals surface area contributed by atoms with Crippen molar-refractivity contribution >= 4 is 5.82 Å². The number of hydrogen-bond acceptors (Lipinski definition) is 6. The van der Waals surface area contributed by atoms with E-state index in [4.69, 9.17) is 19.4 Å². The van der Waals surface area contributed by atoms with Crippen LogP contribution in [-0.4, -0.2) is 35.2 Å². The summed E-state index contributed by atoms with van der Waals surface area (Å²) in [5.41, 5.74) is 3.48. The molecule has 0 amide bonds. The lowest BCUT2D eigenvalue weighted by atomic mass is 10.1. The Hall–Kier alpha value is -2.37. The molecule has 0 aliphatic carbocycles. The molecule has 148 valence electrons. The van der Waals surface area contributed by atoms with Gasteiger partial charge in [0.2, 0.25) is 5.88 Å². The molecule has 0 fully saturated rings. The Balaban J connectivity index is 2.57. The van der Waals surface area contributed by atoms with Crippen molar-refractivity contribution in [3.63, 3.8) is 0 Å². The maximum atomic E-state index is 6.09. The van der Waals surface area contributed by atoms with E-state index in [1.807, 2.05) is 19.2 Å².